The highest BCUT2D eigenvalue weighted by atomic mass is 16.3. The summed E-state index contributed by atoms with van der Waals surface area (Å²) in [6.45, 7) is 19.8. The lowest BCUT2D eigenvalue weighted by Crippen LogP contribution is -2.43. The summed E-state index contributed by atoms with van der Waals surface area (Å²) in [7, 11) is 7.16. The van der Waals surface area contributed by atoms with Crippen molar-refractivity contribution in [2.45, 2.75) is 106 Å². The second-order valence-corrected chi connectivity index (χ2v) is 7.62. The molecule has 6 nitrogen and oxygen atoms in total. The van der Waals surface area contributed by atoms with Gasteiger partial charge in [0, 0.05) is 25.5 Å². The average Bonchev–Trinajstić information content (AvgIpc) is 2.83. The predicted octanol–water partition coefficient (Wildman–Crippen LogP) is 5.52. The fourth-order valence-electron chi connectivity index (χ4n) is 2.01. The number of aliphatic hydroxyl groups is 2. The van der Waals surface area contributed by atoms with Gasteiger partial charge in [-0.15, -0.1) is 0 Å². The Labute approximate surface area is 200 Å². The molecule has 0 aliphatic carbocycles. The molecule has 0 amide bonds. The van der Waals surface area contributed by atoms with Crippen LogP contribution in [0.5, 0.6) is 0 Å². The molecular formula is C26H56N4O2. The number of nitrogens with one attached hydrogen (secondary N) is 2. The summed E-state index contributed by atoms with van der Waals surface area (Å²) in [4.78, 5) is 8.05. The quantitative estimate of drug-likeness (QED) is 0.220. The minimum absolute atomic E-state index is 0.667. The first-order valence-corrected chi connectivity index (χ1v) is 11.8. The van der Waals surface area contributed by atoms with Gasteiger partial charge in [-0.3, -0.25) is 20.6 Å². The molecule has 0 aromatic heterocycles. The molecule has 32 heavy (non-hydrogen) atoms. The van der Waals surface area contributed by atoms with E-state index in [2.05, 4.69) is 47.5 Å². The maximum absolute atomic E-state index is 9.72. The minimum Gasteiger partial charge on any atom is -0.376 e. The molecule has 0 heterocycles. The molecule has 0 bridgehead atoms. The van der Waals surface area contributed by atoms with Crippen molar-refractivity contribution in [2.75, 3.05) is 28.2 Å². The molecule has 0 fully saturated rings. The van der Waals surface area contributed by atoms with Crippen LogP contribution in [0.15, 0.2) is 33.3 Å². The number of hydrogen-bond donors (Lipinski definition) is 4. The molecule has 0 rings (SSSR count). The van der Waals surface area contributed by atoms with Gasteiger partial charge in [-0.2, -0.15) is 0 Å². The molecule has 2 unspecified atom stereocenters. The van der Waals surface area contributed by atoms with E-state index in [1.165, 1.54) is 17.0 Å². The first-order chi connectivity index (χ1) is 14.8. The first kappa shape index (κ1) is 37.9. The van der Waals surface area contributed by atoms with Crippen LogP contribution in [0.25, 0.3) is 0 Å². The molecule has 0 aromatic rings. The van der Waals surface area contributed by atoms with E-state index in [0.717, 1.165) is 24.8 Å². The van der Waals surface area contributed by atoms with E-state index < -0.39 is 11.4 Å². The van der Waals surface area contributed by atoms with Crippen LogP contribution >= 0.6 is 0 Å². The molecule has 0 radical (unpaired) electrons. The molecule has 0 aromatic carbocycles. The van der Waals surface area contributed by atoms with Gasteiger partial charge >= 0.3 is 0 Å². The Bertz CT molecular complexity index is 552. The SMILES string of the molecule is C/C=C(\C)C(CC)=NC.C/C=C(\C)C(O)(CC)NC.CCC(C)(O)NC.CCC(C)=NC. The standard InChI is InChI=1S/C8H17NO.C8H15N.C5H13NO.C5H11N/c1-5-7(3)8(10,6-2)9-4;1-5-7(3)8(6-2)9-4;1-4-5(2,7)6-3;1-4-5(2)6-3/h5,9-10H,6H2,1-4H3;5H,6H2,1-4H3;6-7H,4H2,1-3H3;4H2,1-3H3/b7-5+;7-5+,9-8?;;. The van der Waals surface area contributed by atoms with Crippen LogP contribution in [0.1, 0.15) is 94.9 Å². The van der Waals surface area contributed by atoms with Crippen LogP contribution in [-0.4, -0.2) is 61.3 Å². The van der Waals surface area contributed by atoms with Crippen molar-refractivity contribution in [1.82, 2.24) is 10.6 Å². The third-order valence-electron chi connectivity index (χ3n) is 5.62. The summed E-state index contributed by atoms with van der Waals surface area (Å²) in [6, 6.07) is 0. The van der Waals surface area contributed by atoms with Crippen molar-refractivity contribution in [2.24, 2.45) is 9.98 Å². The highest BCUT2D eigenvalue weighted by molar-refractivity contribution is 5.99. The van der Waals surface area contributed by atoms with Gasteiger partial charge in [-0.25, -0.2) is 0 Å². The summed E-state index contributed by atoms with van der Waals surface area (Å²) < 4.78 is 0. The van der Waals surface area contributed by atoms with Gasteiger partial charge in [0.15, 0.2) is 0 Å². The molecule has 0 saturated carbocycles. The Morgan fingerprint density at radius 1 is 0.812 bits per heavy atom. The van der Waals surface area contributed by atoms with Crippen LogP contribution in [0, 0.1) is 0 Å². The number of allylic oxidation sites excluding steroid dienone is 3. The molecule has 4 N–H and O–H groups in total. The lowest BCUT2D eigenvalue weighted by Gasteiger charge is -2.26. The van der Waals surface area contributed by atoms with Gasteiger partial charge in [0.25, 0.3) is 0 Å². The summed E-state index contributed by atoms with van der Waals surface area (Å²) in [6.07, 6.45) is 7.55. The topological polar surface area (TPSA) is 89.2 Å². The largest absolute Gasteiger partial charge is 0.376 e. The van der Waals surface area contributed by atoms with Crippen molar-refractivity contribution < 1.29 is 10.2 Å². The number of nitrogens with zero attached hydrogens (tertiary/aromatic N) is 2. The Morgan fingerprint density at radius 2 is 1.31 bits per heavy atom. The maximum Gasteiger partial charge on any atom is 0.137 e. The summed E-state index contributed by atoms with van der Waals surface area (Å²) in [5.41, 5.74) is 3.22. The van der Waals surface area contributed by atoms with E-state index in [9.17, 15) is 5.11 Å². The van der Waals surface area contributed by atoms with Crippen LogP contribution in [0.3, 0.4) is 0 Å². The van der Waals surface area contributed by atoms with Crippen LogP contribution in [-0.2, 0) is 0 Å². The van der Waals surface area contributed by atoms with Crippen molar-refractivity contribution in [3.63, 3.8) is 0 Å². The Hall–Kier alpha value is -1.34. The van der Waals surface area contributed by atoms with E-state index in [1.54, 1.807) is 21.0 Å². The highest BCUT2D eigenvalue weighted by Gasteiger charge is 2.22. The van der Waals surface area contributed by atoms with Crippen molar-refractivity contribution >= 4 is 11.4 Å². The third-order valence-corrected chi connectivity index (χ3v) is 5.62. The fourth-order valence-corrected chi connectivity index (χ4v) is 2.01. The predicted molar refractivity (Wildman–Crippen MR) is 146 cm³/mol. The second kappa shape index (κ2) is 22.8. The molecule has 2 atom stereocenters. The van der Waals surface area contributed by atoms with Gasteiger partial charge in [0.1, 0.15) is 11.4 Å². The fraction of sp³-hybridized carbons (Fsp3) is 0.769. The molecule has 0 aliphatic rings. The minimum atomic E-state index is -0.797. The normalized spacial score (nSPS) is 16.2. The van der Waals surface area contributed by atoms with Crippen molar-refractivity contribution in [3.05, 3.63) is 23.3 Å². The zero-order chi connectivity index (χ0) is 26.4. The second-order valence-electron chi connectivity index (χ2n) is 7.62. The number of rotatable bonds is 8. The number of hydrogen-bond acceptors (Lipinski definition) is 6. The van der Waals surface area contributed by atoms with E-state index >= 15 is 0 Å². The summed E-state index contributed by atoms with van der Waals surface area (Å²) in [5.74, 6) is 0. The Kier molecular flexibility index (Phi) is 27.1. The molecule has 0 spiro atoms. The Balaban J connectivity index is -0.000000166. The summed E-state index contributed by atoms with van der Waals surface area (Å²) in [5, 5.41) is 24.4. The molecule has 6 heteroatoms. The van der Waals surface area contributed by atoms with Gasteiger partial charge < -0.3 is 10.2 Å². The first-order valence-electron chi connectivity index (χ1n) is 11.8. The maximum atomic E-state index is 9.72. The van der Waals surface area contributed by atoms with Gasteiger partial charge in [-0.1, -0.05) is 39.8 Å². The van der Waals surface area contributed by atoms with Crippen molar-refractivity contribution in [3.8, 4) is 0 Å². The zero-order valence-corrected chi connectivity index (χ0v) is 23.8. The lowest BCUT2D eigenvalue weighted by atomic mass is 10.0. The van der Waals surface area contributed by atoms with Crippen LogP contribution < -0.4 is 10.6 Å². The smallest absolute Gasteiger partial charge is 0.137 e. The summed E-state index contributed by atoms with van der Waals surface area (Å²) >= 11 is 0. The zero-order valence-electron chi connectivity index (χ0n) is 23.8. The molecular weight excluding hydrogens is 400 g/mol. The van der Waals surface area contributed by atoms with E-state index in [-0.39, 0.29) is 0 Å². The number of likely N-dealkylation sites (N-methyl/N-ethyl adjacent to an activating group) is 1. The van der Waals surface area contributed by atoms with Gasteiger partial charge in [0.2, 0.25) is 0 Å². The van der Waals surface area contributed by atoms with Gasteiger partial charge in [0.05, 0.1) is 0 Å². The van der Waals surface area contributed by atoms with E-state index in [0.29, 0.717) is 6.42 Å². The Morgan fingerprint density at radius 3 is 1.38 bits per heavy atom. The lowest BCUT2D eigenvalue weighted by molar-refractivity contribution is 0.0284. The molecule has 0 aliphatic heterocycles. The molecule has 192 valence electrons. The monoisotopic (exact) mass is 456 g/mol. The van der Waals surface area contributed by atoms with Crippen LogP contribution in [0.2, 0.25) is 0 Å². The van der Waals surface area contributed by atoms with E-state index in [1.807, 2.05) is 61.7 Å². The van der Waals surface area contributed by atoms with Crippen molar-refractivity contribution in [1.29, 1.82) is 0 Å². The highest BCUT2D eigenvalue weighted by Crippen LogP contribution is 2.15. The number of aliphatic imine (C=N–C) groups is 2. The third kappa shape index (κ3) is 20.6. The van der Waals surface area contributed by atoms with E-state index in [4.69, 9.17) is 5.11 Å². The van der Waals surface area contributed by atoms with Crippen LogP contribution in [0.4, 0.5) is 0 Å². The molecule has 0 saturated heterocycles. The average molecular weight is 457 g/mol. The van der Waals surface area contributed by atoms with Gasteiger partial charge in [-0.05, 0) is 92.5 Å².